The van der Waals surface area contributed by atoms with E-state index in [1.807, 2.05) is 47.6 Å². The Morgan fingerprint density at radius 2 is 1.65 bits per heavy atom. The van der Waals surface area contributed by atoms with Crippen molar-refractivity contribution in [2.75, 3.05) is 12.8 Å². The summed E-state index contributed by atoms with van der Waals surface area (Å²) in [5.41, 5.74) is 12.1. The fourth-order valence-electron chi connectivity index (χ4n) is 3.09. The van der Waals surface area contributed by atoms with Crippen molar-refractivity contribution in [3.63, 3.8) is 0 Å². The molecule has 0 heterocycles. The van der Waals surface area contributed by atoms with Crippen LogP contribution in [0, 0.1) is 20.8 Å². The molecule has 0 aliphatic rings. The van der Waals surface area contributed by atoms with Crippen molar-refractivity contribution in [3.8, 4) is 11.1 Å². The van der Waals surface area contributed by atoms with E-state index in [0.29, 0.717) is 5.69 Å². The van der Waals surface area contributed by atoms with E-state index in [2.05, 4.69) is 24.3 Å². The molecule has 0 aliphatic heterocycles. The fraction of sp³-hybridized carbons (Fsp3) is 0.409. The molecule has 2 aromatic rings. The first-order valence-corrected chi connectivity index (χ1v) is 8.77. The second kappa shape index (κ2) is 7.50. The number of hydrogen-bond acceptors (Lipinski definition) is 4. The van der Waals surface area contributed by atoms with Gasteiger partial charge in [0.05, 0.1) is 12.7 Å². The number of carbonyl (C=O) groups is 1. The van der Waals surface area contributed by atoms with Gasteiger partial charge < -0.3 is 15.2 Å². The van der Waals surface area contributed by atoms with Gasteiger partial charge in [0.15, 0.2) is 6.10 Å². The second-order valence-corrected chi connectivity index (χ2v) is 7.70. The molecule has 0 amide bonds. The van der Waals surface area contributed by atoms with Gasteiger partial charge in [0.1, 0.15) is 0 Å². The third kappa shape index (κ3) is 4.25. The molecule has 2 N–H and O–H groups in total. The summed E-state index contributed by atoms with van der Waals surface area (Å²) in [4.78, 5) is 12.6. The molecule has 0 radical (unpaired) electrons. The normalized spacial score (nSPS) is 12.7. The van der Waals surface area contributed by atoms with Crippen LogP contribution in [0.3, 0.4) is 0 Å². The molecule has 2 aromatic carbocycles. The number of nitrogen functional groups attached to an aromatic ring is 1. The Bertz CT molecular complexity index is 802. The van der Waals surface area contributed by atoms with E-state index in [9.17, 15) is 4.79 Å². The van der Waals surface area contributed by atoms with Gasteiger partial charge in [-0.05, 0) is 69.9 Å². The predicted molar refractivity (Wildman–Crippen MR) is 106 cm³/mol. The van der Waals surface area contributed by atoms with Crippen molar-refractivity contribution >= 4 is 11.7 Å². The van der Waals surface area contributed by atoms with Crippen LogP contribution in [0.4, 0.5) is 5.69 Å². The minimum absolute atomic E-state index is 0.429. The number of aryl methyl sites for hydroxylation is 2. The van der Waals surface area contributed by atoms with Crippen molar-refractivity contribution in [2.45, 2.75) is 53.2 Å². The van der Waals surface area contributed by atoms with Crippen LogP contribution >= 0.6 is 0 Å². The molecule has 0 bridgehead atoms. The monoisotopic (exact) mass is 355 g/mol. The smallest absolute Gasteiger partial charge is 0.339 e. The maximum absolute atomic E-state index is 12.6. The van der Waals surface area contributed by atoms with Crippen molar-refractivity contribution in [3.05, 3.63) is 52.6 Å². The SMILES string of the molecule is COC(=O)[C@@H](OC(C)(C)C)c1c(C)c(N)cc(C)c1-c1ccc(C)cc1. The van der Waals surface area contributed by atoms with Crippen LogP contribution < -0.4 is 5.73 Å². The van der Waals surface area contributed by atoms with Crippen molar-refractivity contribution in [1.82, 2.24) is 0 Å². The van der Waals surface area contributed by atoms with Crippen LogP contribution in [0.25, 0.3) is 11.1 Å². The summed E-state index contributed by atoms with van der Waals surface area (Å²) in [7, 11) is 1.38. The van der Waals surface area contributed by atoms with Crippen LogP contribution in [0.15, 0.2) is 30.3 Å². The molecule has 0 saturated carbocycles. The quantitative estimate of drug-likeness (QED) is 0.626. The van der Waals surface area contributed by atoms with Crippen LogP contribution in [-0.4, -0.2) is 18.7 Å². The summed E-state index contributed by atoms with van der Waals surface area (Å²) in [6.45, 7) is 11.7. The highest BCUT2D eigenvalue weighted by atomic mass is 16.6. The van der Waals surface area contributed by atoms with Gasteiger partial charge in [0, 0.05) is 11.3 Å². The van der Waals surface area contributed by atoms with E-state index in [-0.39, 0.29) is 0 Å². The van der Waals surface area contributed by atoms with E-state index in [0.717, 1.165) is 27.8 Å². The Hall–Kier alpha value is -2.33. The molecule has 1 atom stereocenters. The molecule has 2 rings (SSSR count). The zero-order chi connectivity index (χ0) is 19.6. The summed E-state index contributed by atoms with van der Waals surface area (Å²) in [5.74, 6) is -0.429. The number of rotatable bonds is 4. The average molecular weight is 355 g/mol. The fourth-order valence-corrected chi connectivity index (χ4v) is 3.09. The first kappa shape index (κ1) is 20.0. The van der Waals surface area contributed by atoms with Gasteiger partial charge in [-0.1, -0.05) is 29.8 Å². The van der Waals surface area contributed by atoms with Crippen LogP contribution in [0.1, 0.15) is 49.1 Å². The molecule has 0 spiro atoms. The Labute approximate surface area is 156 Å². The largest absolute Gasteiger partial charge is 0.467 e. The molecule has 140 valence electrons. The van der Waals surface area contributed by atoms with E-state index < -0.39 is 17.7 Å². The van der Waals surface area contributed by atoms with Gasteiger partial charge in [0.25, 0.3) is 0 Å². The highest BCUT2D eigenvalue weighted by molar-refractivity contribution is 5.85. The Morgan fingerprint density at radius 1 is 1.08 bits per heavy atom. The third-order valence-corrected chi connectivity index (χ3v) is 4.36. The highest BCUT2D eigenvalue weighted by Gasteiger charge is 2.32. The lowest BCUT2D eigenvalue weighted by molar-refractivity contribution is -0.164. The molecule has 0 aromatic heterocycles. The third-order valence-electron chi connectivity index (χ3n) is 4.36. The molecule has 0 saturated heterocycles. The van der Waals surface area contributed by atoms with Crippen LogP contribution in [0.2, 0.25) is 0 Å². The molecular formula is C22H29NO3. The van der Waals surface area contributed by atoms with E-state index in [4.69, 9.17) is 15.2 Å². The first-order chi connectivity index (χ1) is 12.0. The summed E-state index contributed by atoms with van der Waals surface area (Å²) in [6, 6.07) is 10.2. The van der Waals surface area contributed by atoms with Gasteiger partial charge in [-0.2, -0.15) is 0 Å². The van der Waals surface area contributed by atoms with Gasteiger partial charge in [-0.25, -0.2) is 4.79 Å². The van der Waals surface area contributed by atoms with Crippen LogP contribution in [0.5, 0.6) is 0 Å². The Morgan fingerprint density at radius 3 is 2.15 bits per heavy atom. The van der Waals surface area contributed by atoms with Crippen molar-refractivity contribution in [2.24, 2.45) is 0 Å². The van der Waals surface area contributed by atoms with Crippen molar-refractivity contribution < 1.29 is 14.3 Å². The number of esters is 1. The van der Waals surface area contributed by atoms with E-state index >= 15 is 0 Å². The zero-order valence-electron chi connectivity index (χ0n) is 16.8. The van der Waals surface area contributed by atoms with Crippen LogP contribution in [-0.2, 0) is 14.3 Å². The molecule has 0 aliphatic carbocycles. The number of benzene rings is 2. The molecule has 0 unspecified atom stereocenters. The number of hydrogen-bond donors (Lipinski definition) is 1. The lowest BCUT2D eigenvalue weighted by Gasteiger charge is -2.30. The van der Waals surface area contributed by atoms with Gasteiger partial charge in [-0.3, -0.25) is 0 Å². The van der Waals surface area contributed by atoms with Crippen molar-refractivity contribution in [1.29, 1.82) is 0 Å². The number of carbonyl (C=O) groups excluding carboxylic acids is 1. The van der Waals surface area contributed by atoms with Gasteiger partial charge in [-0.15, -0.1) is 0 Å². The molecule has 4 heteroatoms. The highest BCUT2D eigenvalue weighted by Crippen LogP contribution is 2.40. The number of ether oxygens (including phenoxy) is 2. The van der Waals surface area contributed by atoms with E-state index in [1.165, 1.54) is 12.7 Å². The maximum atomic E-state index is 12.6. The second-order valence-electron chi connectivity index (χ2n) is 7.70. The maximum Gasteiger partial charge on any atom is 0.339 e. The van der Waals surface area contributed by atoms with Gasteiger partial charge >= 0.3 is 5.97 Å². The molecule has 4 nitrogen and oxygen atoms in total. The minimum atomic E-state index is -0.849. The number of nitrogens with two attached hydrogens (primary N) is 1. The lowest BCUT2D eigenvalue weighted by atomic mass is 9.87. The predicted octanol–water partition coefficient (Wildman–Crippen LogP) is 4.89. The standard InChI is InChI=1S/C22H29NO3/c1-13-8-10-16(11-9-13)18-14(2)12-17(23)15(3)19(18)20(21(24)25-7)26-22(4,5)6/h8-12,20H,23H2,1-7H3/t20-/m0/s1. The van der Waals surface area contributed by atoms with E-state index in [1.54, 1.807) is 0 Å². The Balaban J connectivity index is 2.78. The number of methoxy groups -OCH3 is 1. The van der Waals surface area contributed by atoms with Gasteiger partial charge in [0.2, 0.25) is 0 Å². The average Bonchev–Trinajstić information content (AvgIpc) is 2.55. The summed E-state index contributed by atoms with van der Waals surface area (Å²) in [6.07, 6.45) is -0.849. The molecule has 0 fully saturated rings. The molecule has 26 heavy (non-hydrogen) atoms. The first-order valence-electron chi connectivity index (χ1n) is 8.77. The topological polar surface area (TPSA) is 61.5 Å². The Kier molecular flexibility index (Phi) is 5.77. The summed E-state index contributed by atoms with van der Waals surface area (Å²) in [5, 5.41) is 0. The molecular weight excluding hydrogens is 326 g/mol. The minimum Gasteiger partial charge on any atom is -0.467 e. The zero-order valence-corrected chi connectivity index (χ0v) is 16.8. The lowest BCUT2D eigenvalue weighted by Crippen LogP contribution is -2.29. The summed E-state index contributed by atoms with van der Waals surface area (Å²) < 4.78 is 11.2. The summed E-state index contributed by atoms with van der Waals surface area (Å²) >= 11 is 0. The number of anilines is 1.